The number of hydrogen-bond donors (Lipinski definition) is 1. The van der Waals surface area contributed by atoms with Gasteiger partial charge in [0.2, 0.25) is 5.76 Å². The Morgan fingerprint density at radius 3 is 2.80 bits per heavy atom. The highest BCUT2D eigenvalue weighted by Crippen LogP contribution is 2.11. The van der Waals surface area contributed by atoms with Crippen molar-refractivity contribution in [2.45, 2.75) is 0 Å². The highest BCUT2D eigenvalue weighted by Gasteiger charge is 2.19. The molecule has 0 saturated heterocycles. The van der Waals surface area contributed by atoms with E-state index in [1.165, 1.54) is 20.2 Å². The summed E-state index contributed by atoms with van der Waals surface area (Å²) >= 11 is 0. The summed E-state index contributed by atoms with van der Waals surface area (Å²) in [6.07, 6.45) is 0. The third kappa shape index (κ3) is 2.70. The Morgan fingerprint density at radius 2 is 2.33 bits per heavy atom. The Labute approximate surface area is 85.2 Å². The van der Waals surface area contributed by atoms with Gasteiger partial charge in [-0.15, -0.1) is 0 Å². The first-order chi connectivity index (χ1) is 7.04. The number of rotatable bonds is 4. The molecule has 0 radical (unpaired) electrons. The van der Waals surface area contributed by atoms with Crippen LogP contribution in [-0.2, 0) is 4.79 Å². The topological polar surface area (TPSA) is 92.9 Å². The zero-order valence-corrected chi connectivity index (χ0v) is 8.26. The fourth-order valence-corrected chi connectivity index (χ4v) is 0.919. The molecular formula is C8H10N2O5. The molecule has 1 aromatic heterocycles. The van der Waals surface area contributed by atoms with Crippen molar-refractivity contribution in [3.05, 3.63) is 11.8 Å². The third-order valence-electron chi connectivity index (χ3n) is 1.63. The summed E-state index contributed by atoms with van der Waals surface area (Å²) in [7, 11) is 2.73. The second kappa shape index (κ2) is 4.45. The van der Waals surface area contributed by atoms with Gasteiger partial charge in [0.05, 0.1) is 13.2 Å². The van der Waals surface area contributed by atoms with Crippen molar-refractivity contribution in [1.82, 2.24) is 10.1 Å². The molecule has 0 aliphatic heterocycles. The Morgan fingerprint density at radius 1 is 1.67 bits per heavy atom. The molecule has 0 unspecified atom stereocenters. The number of ether oxygens (including phenoxy) is 1. The fourth-order valence-electron chi connectivity index (χ4n) is 0.919. The SMILES string of the molecule is COc1cc(C(=O)N(C)CC(=O)O)on1. The van der Waals surface area contributed by atoms with Crippen LogP contribution < -0.4 is 4.74 Å². The summed E-state index contributed by atoms with van der Waals surface area (Å²) in [4.78, 5) is 22.8. The molecule has 0 aliphatic rings. The van der Waals surface area contributed by atoms with E-state index in [1.54, 1.807) is 0 Å². The number of carbonyl (C=O) groups is 2. The normalized spacial score (nSPS) is 9.73. The summed E-state index contributed by atoms with van der Waals surface area (Å²) in [5.41, 5.74) is 0. The zero-order valence-electron chi connectivity index (χ0n) is 8.26. The molecule has 0 spiro atoms. The minimum atomic E-state index is -1.10. The van der Waals surface area contributed by atoms with E-state index in [0.29, 0.717) is 0 Å². The van der Waals surface area contributed by atoms with Crippen LogP contribution in [0, 0.1) is 0 Å². The Balaban J connectivity index is 2.71. The molecule has 0 aliphatic carbocycles. The first-order valence-corrected chi connectivity index (χ1v) is 4.02. The van der Waals surface area contributed by atoms with Crippen LogP contribution in [-0.4, -0.2) is 47.7 Å². The van der Waals surface area contributed by atoms with E-state index in [2.05, 4.69) is 9.68 Å². The van der Waals surface area contributed by atoms with Crippen LogP contribution in [0.15, 0.2) is 10.6 Å². The number of methoxy groups -OCH3 is 1. The molecule has 7 heteroatoms. The number of nitrogens with zero attached hydrogens (tertiary/aromatic N) is 2. The van der Waals surface area contributed by atoms with Crippen LogP contribution in [0.4, 0.5) is 0 Å². The minimum Gasteiger partial charge on any atom is -0.480 e. The molecule has 7 nitrogen and oxygen atoms in total. The van der Waals surface area contributed by atoms with Gasteiger partial charge in [0, 0.05) is 7.05 Å². The van der Waals surface area contributed by atoms with Crippen LogP contribution in [0.25, 0.3) is 0 Å². The summed E-state index contributed by atoms with van der Waals surface area (Å²) in [6, 6.07) is 1.29. The Hall–Kier alpha value is -2.05. The van der Waals surface area contributed by atoms with Crippen LogP contribution in [0.5, 0.6) is 5.88 Å². The van der Waals surface area contributed by atoms with E-state index < -0.39 is 18.4 Å². The standard InChI is InChI=1S/C8H10N2O5/c1-10(4-7(11)12)8(13)5-3-6(14-2)9-15-5/h3H,4H2,1-2H3,(H,11,12). The van der Waals surface area contributed by atoms with E-state index in [1.807, 2.05) is 0 Å². The second-order valence-corrected chi connectivity index (χ2v) is 2.79. The number of aliphatic carboxylic acids is 1. The van der Waals surface area contributed by atoms with Crippen LogP contribution >= 0.6 is 0 Å². The number of aromatic nitrogens is 1. The second-order valence-electron chi connectivity index (χ2n) is 2.79. The lowest BCUT2D eigenvalue weighted by Crippen LogP contribution is -2.31. The van der Waals surface area contributed by atoms with Crippen molar-refractivity contribution in [3.63, 3.8) is 0 Å². The van der Waals surface area contributed by atoms with Gasteiger partial charge in [-0.2, -0.15) is 0 Å². The first-order valence-electron chi connectivity index (χ1n) is 4.02. The van der Waals surface area contributed by atoms with Crippen LogP contribution in [0.3, 0.4) is 0 Å². The molecule has 0 fully saturated rings. The molecule has 0 atom stereocenters. The number of carboxylic acid groups (broad SMARTS) is 1. The van der Waals surface area contributed by atoms with E-state index in [0.717, 1.165) is 4.90 Å². The van der Waals surface area contributed by atoms with E-state index in [9.17, 15) is 9.59 Å². The van der Waals surface area contributed by atoms with Gasteiger partial charge in [-0.3, -0.25) is 9.59 Å². The van der Waals surface area contributed by atoms with Gasteiger partial charge in [-0.25, -0.2) is 0 Å². The third-order valence-corrected chi connectivity index (χ3v) is 1.63. The molecule has 1 amide bonds. The predicted molar refractivity (Wildman–Crippen MR) is 47.7 cm³/mol. The van der Waals surface area contributed by atoms with Gasteiger partial charge in [-0.1, -0.05) is 0 Å². The van der Waals surface area contributed by atoms with E-state index >= 15 is 0 Å². The molecule has 1 heterocycles. The van der Waals surface area contributed by atoms with Crippen molar-refractivity contribution >= 4 is 11.9 Å². The highest BCUT2D eigenvalue weighted by atomic mass is 16.5. The van der Waals surface area contributed by atoms with E-state index in [4.69, 9.17) is 9.84 Å². The molecule has 1 N–H and O–H groups in total. The van der Waals surface area contributed by atoms with Gasteiger partial charge >= 0.3 is 5.97 Å². The predicted octanol–water partition coefficient (Wildman–Crippen LogP) is -0.160. The lowest BCUT2D eigenvalue weighted by molar-refractivity contribution is -0.137. The zero-order chi connectivity index (χ0) is 11.4. The monoisotopic (exact) mass is 214 g/mol. The lowest BCUT2D eigenvalue weighted by atomic mass is 10.4. The van der Waals surface area contributed by atoms with E-state index in [-0.39, 0.29) is 11.6 Å². The molecule has 15 heavy (non-hydrogen) atoms. The summed E-state index contributed by atoms with van der Waals surface area (Å²) in [5.74, 6) is -1.55. The average Bonchev–Trinajstić information content (AvgIpc) is 2.63. The van der Waals surface area contributed by atoms with Crippen LogP contribution in [0.2, 0.25) is 0 Å². The van der Waals surface area contributed by atoms with Crippen molar-refractivity contribution < 1.29 is 24.0 Å². The Bertz CT molecular complexity index is 373. The molecule has 82 valence electrons. The minimum absolute atomic E-state index is 0.0596. The fraction of sp³-hybridized carbons (Fsp3) is 0.375. The number of amides is 1. The first kappa shape index (κ1) is 11.0. The largest absolute Gasteiger partial charge is 0.480 e. The van der Waals surface area contributed by atoms with Crippen LogP contribution in [0.1, 0.15) is 10.6 Å². The summed E-state index contributed by atoms with van der Waals surface area (Å²) in [5, 5.41) is 11.9. The van der Waals surface area contributed by atoms with Gasteiger partial charge in [-0.05, 0) is 5.16 Å². The molecule has 0 saturated carbocycles. The molecule has 0 aromatic carbocycles. The Kier molecular flexibility index (Phi) is 3.27. The lowest BCUT2D eigenvalue weighted by Gasteiger charge is -2.11. The van der Waals surface area contributed by atoms with Gasteiger partial charge in [0.1, 0.15) is 6.54 Å². The molecule has 0 bridgehead atoms. The molecule has 1 aromatic rings. The summed E-state index contributed by atoms with van der Waals surface area (Å²) in [6.45, 7) is -0.401. The smallest absolute Gasteiger partial charge is 0.323 e. The van der Waals surface area contributed by atoms with Crippen molar-refractivity contribution in [2.75, 3.05) is 20.7 Å². The van der Waals surface area contributed by atoms with Crippen molar-refractivity contribution in [2.24, 2.45) is 0 Å². The van der Waals surface area contributed by atoms with Crippen molar-refractivity contribution in [3.8, 4) is 5.88 Å². The molecular weight excluding hydrogens is 204 g/mol. The van der Waals surface area contributed by atoms with Gasteiger partial charge in [0.15, 0.2) is 0 Å². The number of carboxylic acids is 1. The molecule has 1 rings (SSSR count). The van der Waals surface area contributed by atoms with Gasteiger partial charge in [0.25, 0.3) is 11.8 Å². The number of likely N-dealkylation sites (N-methyl/N-ethyl adjacent to an activating group) is 1. The van der Waals surface area contributed by atoms with Gasteiger partial charge < -0.3 is 19.3 Å². The maximum absolute atomic E-state index is 11.5. The van der Waals surface area contributed by atoms with Crippen molar-refractivity contribution in [1.29, 1.82) is 0 Å². The maximum atomic E-state index is 11.5. The summed E-state index contributed by atoms with van der Waals surface area (Å²) < 4.78 is 9.37. The number of hydrogen-bond acceptors (Lipinski definition) is 5. The average molecular weight is 214 g/mol. The number of carbonyl (C=O) groups excluding carboxylic acids is 1. The highest BCUT2D eigenvalue weighted by molar-refractivity contribution is 5.93. The maximum Gasteiger partial charge on any atom is 0.323 e. The quantitative estimate of drug-likeness (QED) is 0.748.